The number of amides is 2. The van der Waals surface area contributed by atoms with E-state index in [0.29, 0.717) is 5.56 Å². The summed E-state index contributed by atoms with van der Waals surface area (Å²) in [4.78, 5) is 35.6. The second-order valence-electron chi connectivity index (χ2n) is 5.16. The van der Waals surface area contributed by atoms with Crippen molar-refractivity contribution in [2.24, 2.45) is 0 Å². The van der Waals surface area contributed by atoms with E-state index in [1.807, 2.05) is 0 Å². The summed E-state index contributed by atoms with van der Waals surface area (Å²) in [6.07, 6.45) is 0. The molecular formula is C15H20N2O4. The summed E-state index contributed by atoms with van der Waals surface area (Å²) in [6.45, 7) is 2.77. The first kappa shape index (κ1) is 16.7. The van der Waals surface area contributed by atoms with Gasteiger partial charge in [-0.05, 0) is 12.5 Å². The summed E-state index contributed by atoms with van der Waals surface area (Å²) in [6, 6.07) is 8.72. The van der Waals surface area contributed by atoms with E-state index in [4.69, 9.17) is 0 Å². The molecule has 1 atom stereocenters. The summed E-state index contributed by atoms with van der Waals surface area (Å²) in [5.41, 5.74) is -0.608. The Kier molecular flexibility index (Phi) is 5.46. The summed E-state index contributed by atoms with van der Waals surface area (Å²) < 4.78 is 0. The summed E-state index contributed by atoms with van der Waals surface area (Å²) in [5.74, 6) is -1.64. The summed E-state index contributed by atoms with van der Waals surface area (Å²) in [7, 11) is 1.51. The zero-order valence-corrected chi connectivity index (χ0v) is 12.4. The van der Waals surface area contributed by atoms with Gasteiger partial charge in [0.05, 0.1) is 6.54 Å². The van der Waals surface area contributed by atoms with E-state index in [-0.39, 0.29) is 19.0 Å². The van der Waals surface area contributed by atoms with Crippen LogP contribution in [0.1, 0.15) is 19.4 Å². The molecule has 6 nitrogen and oxygen atoms in total. The Morgan fingerprint density at radius 2 is 1.81 bits per heavy atom. The minimum Gasteiger partial charge on any atom is -0.481 e. The molecule has 0 aliphatic rings. The molecule has 0 aromatic heterocycles. The van der Waals surface area contributed by atoms with Crippen molar-refractivity contribution in [2.45, 2.75) is 19.3 Å². The van der Waals surface area contributed by atoms with E-state index < -0.39 is 17.3 Å². The van der Waals surface area contributed by atoms with Gasteiger partial charge in [-0.3, -0.25) is 14.4 Å². The Balaban J connectivity index is 2.75. The Hall–Kier alpha value is -2.37. The molecule has 0 radical (unpaired) electrons. The fourth-order valence-corrected chi connectivity index (χ4v) is 1.77. The van der Waals surface area contributed by atoms with Gasteiger partial charge < -0.3 is 15.3 Å². The number of hydrogen-bond donors (Lipinski definition) is 2. The third kappa shape index (κ3) is 4.30. The van der Waals surface area contributed by atoms with Crippen LogP contribution in [0.2, 0.25) is 0 Å². The van der Waals surface area contributed by atoms with Crippen molar-refractivity contribution in [3.05, 3.63) is 35.9 Å². The third-order valence-electron chi connectivity index (χ3n) is 3.44. The van der Waals surface area contributed by atoms with E-state index in [2.05, 4.69) is 5.32 Å². The number of carbonyl (C=O) groups is 3. The van der Waals surface area contributed by atoms with Crippen molar-refractivity contribution in [1.29, 1.82) is 0 Å². The van der Waals surface area contributed by atoms with E-state index in [0.717, 1.165) is 0 Å². The zero-order valence-electron chi connectivity index (χ0n) is 12.4. The van der Waals surface area contributed by atoms with Crippen molar-refractivity contribution in [1.82, 2.24) is 10.2 Å². The fraction of sp³-hybridized carbons (Fsp3) is 0.400. The van der Waals surface area contributed by atoms with E-state index in [1.54, 1.807) is 37.3 Å². The van der Waals surface area contributed by atoms with Crippen LogP contribution >= 0.6 is 0 Å². The lowest BCUT2D eigenvalue weighted by Crippen LogP contribution is -2.47. The van der Waals surface area contributed by atoms with Crippen molar-refractivity contribution in [3.63, 3.8) is 0 Å². The maximum Gasteiger partial charge on any atom is 0.315 e. The molecular weight excluding hydrogens is 272 g/mol. The molecule has 2 amide bonds. The van der Waals surface area contributed by atoms with Crippen LogP contribution in [0.4, 0.5) is 0 Å². The van der Waals surface area contributed by atoms with E-state index in [1.165, 1.54) is 18.9 Å². The van der Waals surface area contributed by atoms with Gasteiger partial charge in [0.25, 0.3) is 0 Å². The molecule has 0 heterocycles. The van der Waals surface area contributed by atoms with Crippen LogP contribution in [0.25, 0.3) is 0 Å². The molecule has 0 fully saturated rings. The molecule has 21 heavy (non-hydrogen) atoms. The number of nitrogens with one attached hydrogen (secondary N) is 1. The van der Waals surface area contributed by atoms with Crippen LogP contribution in [0.15, 0.2) is 30.3 Å². The van der Waals surface area contributed by atoms with Gasteiger partial charge in [-0.25, -0.2) is 0 Å². The maximum absolute atomic E-state index is 11.8. The number of carbonyl (C=O) groups excluding carboxylic acids is 2. The van der Waals surface area contributed by atoms with Gasteiger partial charge in [0, 0.05) is 20.5 Å². The standard InChI is InChI=1S/C15H20N2O4/c1-11(18)17(3)9-13(19)16-10-15(2,14(20)21)12-7-5-4-6-8-12/h4-8H,9-10H2,1-3H3,(H,16,19)(H,20,21). The third-order valence-corrected chi connectivity index (χ3v) is 3.44. The highest BCUT2D eigenvalue weighted by molar-refractivity contribution is 5.85. The second kappa shape index (κ2) is 6.88. The molecule has 0 spiro atoms. The largest absolute Gasteiger partial charge is 0.481 e. The lowest BCUT2D eigenvalue weighted by molar-refractivity contribution is -0.143. The first-order chi connectivity index (χ1) is 9.77. The number of rotatable bonds is 6. The van der Waals surface area contributed by atoms with Crippen LogP contribution in [-0.2, 0) is 19.8 Å². The van der Waals surface area contributed by atoms with Gasteiger partial charge in [-0.1, -0.05) is 30.3 Å². The molecule has 1 unspecified atom stereocenters. The topological polar surface area (TPSA) is 86.7 Å². The fourth-order valence-electron chi connectivity index (χ4n) is 1.77. The number of likely N-dealkylation sites (N-methyl/N-ethyl adjacent to an activating group) is 1. The van der Waals surface area contributed by atoms with Crippen molar-refractivity contribution < 1.29 is 19.5 Å². The van der Waals surface area contributed by atoms with Crippen molar-refractivity contribution in [3.8, 4) is 0 Å². The van der Waals surface area contributed by atoms with Gasteiger partial charge >= 0.3 is 5.97 Å². The molecule has 0 aliphatic carbocycles. The SMILES string of the molecule is CC(=O)N(C)CC(=O)NCC(C)(C(=O)O)c1ccccc1. The van der Waals surface area contributed by atoms with Gasteiger partial charge in [-0.15, -0.1) is 0 Å². The van der Waals surface area contributed by atoms with Gasteiger partial charge in [0.15, 0.2) is 0 Å². The molecule has 2 N–H and O–H groups in total. The first-order valence-electron chi connectivity index (χ1n) is 6.54. The molecule has 1 rings (SSSR count). The molecule has 1 aromatic carbocycles. The lowest BCUT2D eigenvalue weighted by atomic mass is 9.82. The normalized spacial score (nSPS) is 13.1. The van der Waals surface area contributed by atoms with Gasteiger partial charge in [0.1, 0.15) is 5.41 Å². The average molecular weight is 292 g/mol. The number of nitrogens with zero attached hydrogens (tertiary/aromatic N) is 1. The molecule has 0 saturated heterocycles. The predicted molar refractivity (Wildman–Crippen MR) is 77.8 cm³/mol. The van der Waals surface area contributed by atoms with Gasteiger partial charge in [-0.2, -0.15) is 0 Å². The number of benzene rings is 1. The van der Waals surface area contributed by atoms with Crippen molar-refractivity contribution >= 4 is 17.8 Å². The minimum atomic E-state index is -1.22. The molecule has 6 heteroatoms. The summed E-state index contributed by atoms with van der Waals surface area (Å²) >= 11 is 0. The molecule has 0 bridgehead atoms. The van der Waals surface area contributed by atoms with Crippen LogP contribution in [0.3, 0.4) is 0 Å². The lowest BCUT2D eigenvalue weighted by Gasteiger charge is -2.26. The number of aliphatic carboxylic acids is 1. The zero-order chi connectivity index (χ0) is 16.0. The van der Waals surface area contributed by atoms with E-state index >= 15 is 0 Å². The molecule has 1 aromatic rings. The summed E-state index contributed by atoms with van der Waals surface area (Å²) in [5, 5.41) is 12.0. The van der Waals surface area contributed by atoms with Crippen molar-refractivity contribution in [2.75, 3.05) is 20.1 Å². The highest BCUT2D eigenvalue weighted by Gasteiger charge is 2.35. The van der Waals surface area contributed by atoms with E-state index in [9.17, 15) is 19.5 Å². The monoisotopic (exact) mass is 292 g/mol. The van der Waals surface area contributed by atoms with Gasteiger partial charge in [0.2, 0.25) is 11.8 Å². The maximum atomic E-state index is 11.8. The smallest absolute Gasteiger partial charge is 0.315 e. The van der Waals surface area contributed by atoms with Crippen LogP contribution in [0, 0.1) is 0 Å². The highest BCUT2D eigenvalue weighted by Crippen LogP contribution is 2.23. The Bertz CT molecular complexity index is 530. The molecule has 114 valence electrons. The van der Waals surface area contributed by atoms with Crippen LogP contribution < -0.4 is 5.32 Å². The quantitative estimate of drug-likeness (QED) is 0.805. The average Bonchev–Trinajstić information content (AvgIpc) is 2.45. The number of carboxylic acids is 1. The predicted octanol–water partition coefficient (Wildman–Crippen LogP) is 0.623. The Morgan fingerprint density at radius 3 is 2.29 bits per heavy atom. The molecule has 0 aliphatic heterocycles. The Morgan fingerprint density at radius 1 is 1.24 bits per heavy atom. The second-order valence-corrected chi connectivity index (χ2v) is 5.16. The first-order valence-corrected chi connectivity index (χ1v) is 6.54. The number of carboxylic acid groups (broad SMARTS) is 1. The molecule has 0 saturated carbocycles. The highest BCUT2D eigenvalue weighted by atomic mass is 16.4. The van der Waals surface area contributed by atoms with Crippen LogP contribution in [0.5, 0.6) is 0 Å². The minimum absolute atomic E-state index is 0.0447. The van der Waals surface area contributed by atoms with Crippen LogP contribution in [-0.4, -0.2) is 47.9 Å². The Labute approximate surface area is 123 Å². The number of hydrogen-bond acceptors (Lipinski definition) is 3.